The van der Waals surface area contributed by atoms with E-state index in [1.807, 2.05) is 0 Å². The highest BCUT2D eigenvalue weighted by molar-refractivity contribution is 7.14. The molecule has 0 fully saturated rings. The molecule has 0 aliphatic carbocycles. The average molecular weight is 252 g/mol. The van der Waals surface area contributed by atoms with Gasteiger partial charge in [-0.1, -0.05) is 11.2 Å². The summed E-state index contributed by atoms with van der Waals surface area (Å²) in [5.41, 5.74) is 8.74. The molecule has 7 heteroatoms. The van der Waals surface area contributed by atoms with Gasteiger partial charge in [0.05, 0.1) is 12.3 Å². The zero-order chi connectivity index (χ0) is 12.7. The normalized spacial score (nSPS) is 10.2. The predicted molar refractivity (Wildman–Crippen MR) is 65.9 cm³/mol. The van der Waals surface area contributed by atoms with Crippen LogP contribution in [0.3, 0.4) is 0 Å². The first-order valence-corrected chi connectivity index (χ1v) is 5.82. The molecule has 6 nitrogen and oxygen atoms in total. The van der Waals surface area contributed by atoms with E-state index in [1.165, 1.54) is 11.3 Å². The lowest BCUT2D eigenvalue weighted by molar-refractivity contribution is 0.0531. The Morgan fingerprint density at radius 3 is 3.12 bits per heavy atom. The van der Waals surface area contributed by atoms with Crippen molar-refractivity contribution in [3.63, 3.8) is 0 Å². The number of esters is 1. The first-order chi connectivity index (χ1) is 8.19. The smallest absolute Gasteiger partial charge is 0.350 e. The third-order valence-corrected chi connectivity index (χ3v) is 2.89. The lowest BCUT2D eigenvalue weighted by atomic mass is 10.4. The maximum absolute atomic E-state index is 11.5. The number of carbonyl (C=O) groups is 1. The molecule has 0 N–H and O–H groups in total. The van der Waals surface area contributed by atoms with Crippen molar-refractivity contribution in [3.05, 3.63) is 32.1 Å². The van der Waals surface area contributed by atoms with Crippen LogP contribution in [0.2, 0.25) is 0 Å². The Balaban J connectivity index is 2.77. The van der Waals surface area contributed by atoms with Crippen LogP contribution in [0, 0.1) is 6.92 Å². The van der Waals surface area contributed by atoms with Crippen molar-refractivity contribution in [1.29, 1.82) is 0 Å². The summed E-state index contributed by atoms with van der Waals surface area (Å²) in [6.07, 6.45) is 3.40. The number of hydrogen-bond donors (Lipinski definition) is 0. The number of ether oxygens (including phenoxy) is 1. The standard InChI is InChI=1S/C10H12N4O2S/c1-3-16-10(15)9-7(2)13-8(17-9)5-4-6-12-14-11/h4-5H,3,6H2,1-2H3. The summed E-state index contributed by atoms with van der Waals surface area (Å²) in [5, 5.41) is 4.05. The molecule has 0 unspecified atom stereocenters. The van der Waals surface area contributed by atoms with Crippen LogP contribution in [0.25, 0.3) is 16.5 Å². The molecule has 0 saturated carbocycles. The van der Waals surface area contributed by atoms with Crippen molar-refractivity contribution in [2.45, 2.75) is 13.8 Å². The van der Waals surface area contributed by atoms with Gasteiger partial charge in [0, 0.05) is 11.5 Å². The third-order valence-electron chi connectivity index (χ3n) is 1.78. The maximum Gasteiger partial charge on any atom is 0.350 e. The van der Waals surface area contributed by atoms with E-state index >= 15 is 0 Å². The fraction of sp³-hybridized carbons (Fsp3) is 0.400. The van der Waals surface area contributed by atoms with Gasteiger partial charge in [-0.15, -0.1) is 11.3 Å². The molecule has 17 heavy (non-hydrogen) atoms. The molecule has 0 aromatic carbocycles. The Hall–Kier alpha value is -1.85. The summed E-state index contributed by atoms with van der Waals surface area (Å²) in [5.74, 6) is -0.350. The highest BCUT2D eigenvalue weighted by atomic mass is 32.1. The Labute approximate surface area is 103 Å². The van der Waals surface area contributed by atoms with Gasteiger partial charge in [-0.3, -0.25) is 0 Å². The molecule has 0 atom stereocenters. The monoisotopic (exact) mass is 252 g/mol. The molecule has 0 aliphatic rings. The summed E-state index contributed by atoms with van der Waals surface area (Å²) >= 11 is 1.26. The molecule has 0 aliphatic heterocycles. The lowest BCUT2D eigenvalue weighted by Crippen LogP contribution is -2.03. The summed E-state index contributed by atoms with van der Waals surface area (Å²) in [7, 11) is 0. The molecule has 0 saturated heterocycles. The topological polar surface area (TPSA) is 88.0 Å². The van der Waals surface area contributed by atoms with Gasteiger partial charge in [0.1, 0.15) is 9.88 Å². The summed E-state index contributed by atoms with van der Waals surface area (Å²) in [4.78, 5) is 18.9. The summed E-state index contributed by atoms with van der Waals surface area (Å²) in [6, 6.07) is 0. The van der Waals surface area contributed by atoms with E-state index in [0.717, 1.165) is 0 Å². The number of aryl methyl sites for hydroxylation is 1. The molecular formula is C10H12N4O2S. The second kappa shape index (κ2) is 6.67. The molecule has 1 rings (SSSR count). The van der Waals surface area contributed by atoms with E-state index in [2.05, 4.69) is 15.0 Å². The number of carbonyl (C=O) groups excluding carboxylic acids is 1. The average Bonchev–Trinajstić information content (AvgIpc) is 2.66. The van der Waals surface area contributed by atoms with Crippen LogP contribution >= 0.6 is 11.3 Å². The van der Waals surface area contributed by atoms with E-state index in [0.29, 0.717) is 22.2 Å². The van der Waals surface area contributed by atoms with Crippen LogP contribution in [-0.2, 0) is 4.74 Å². The van der Waals surface area contributed by atoms with E-state index in [9.17, 15) is 4.79 Å². The number of aromatic nitrogens is 1. The van der Waals surface area contributed by atoms with Crippen molar-refractivity contribution in [1.82, 2.24) is 4.98 Å². The lowest BCUT2D eigenvalue weighted by Gasteiger charge is -1.97. The minimum absolute atomic E-state index is 0.268. The highest BCUT2D eigenvalue weighted by Crippen LogP contribution is 2.20. The number of hydrogen-bond acceptors (Lipinski definition) is 5. The van der Waals surface area contributed by atoms with Crippen LogP contribution < -0.4 is 0 Å². The molecular weight excluding hydrogens is 240 g/mol. The predicted octanol–water partition coefficient (Wildman–Crippen LogP) is 2.95. The Bertz CT molecular complexity index is 475. The maximum atomic E-state index is 11.5. The van der Waals surface area contributed by atoms with E-state index in [1.54, 1.807) is 26.0 Å². The summed E-state index contributed by atoms with van der Waals surface area (Å²) < 4.78 is 4.91. The zero-order valence-corrected chi connectivity index (χ0v) is 10.4. The molecule has 0 amide bonds. The van der Waals surface area contributed by atoms with Crippen molar-refractivity contribution in [3.8, 4) is 0 Å². The van der Waals surface area contributed by atoms with Crippen LogP contribution in [0.4, 0.5) is 0 Å². The Kier molecular flexibility index (Phi) is 5.19. The third kappa shape index (κ3) is 3.90. The van der Waals surface area contributed by atoms with Crippen molar-refractivity contribution >= 4 is 23.4 Å². The number of nitrogens with zero attached hydrogens (tertiary/aromatic N) is 4. The van der Waals surface area contributed by atoms with Gasteiger partial charge in [-0.2, -0.15) is 0 Å². The Morgan fingerprint density at radius 2 is 2.47 bits per heavy atom. The second-order valence-electron chi connectivity index (χ2n) is 3.00. The first-order valence-electron chi connectivity index (χ1n) is 5.01. The molecule has 1 aromatic rings. The minimum atomic E-state index is -0.350. The van der Waals surface area contributed by atoms with Gasteiger partial charge in [0.25, 0.3) is 0 Å². The van der Waals surface area contributed by atoms with Crippen LogP contribution in [0.1, 0.15) is 27.3 Å². The van der Waals surface area contributed by atoms with Crippen molar-refractivity contribution in [2.75, 3.05) is 13.2 Å². The van der Waals surface area contributed by atoms with Crippen molar-refractivity contribution in [2.24, 2.45) is 5.11 Å². The van der Waals surface area contributed by atoms with Crippen LogP contribution in [0.5, 0.6) is 0 Å². The molecule has 90 valence electrons. The minimum Gasteiger partial charge on any atom is -0.462 e. The fourth-order valence-corrected chi connectivity index (χ4v) is 2.00. The summed E-state index contributed by atoms with van der Waals surface area (Å²) in [6.45, 7) is 4.13. The molecule has 0 spiro atoms. The molecule has 1 aromatic heterocycles. The molecule has 0 bridgehead atoms. The van der Waals surface area contributed by atoms with Gasteiger partial charge >= 0.3 is 5.97 Å². The SMILES string of the molecule is CCOC(=O)c1sc(C=CCN=[N+]=[N-])nc1C. The number of rotatable bonds is 5. The van der Waals surface area contributed by atoms with E-state index < -0.39 is 0 Å². The largest absolute Gasteiger partial charge is 0.462 e. The van der Waals surface area contributed by atoms with Gasteiger partial charge in [0.2, 0.25) is 0 Å². The van der Waals surface area contributed by atoms with Gasteiger partial charge in [-0.25, -0.2) is 9.78 Å². The van der Waals surface area contributed by atoms with E-state index in [-0.39, 0.29) is 12.5 Å². The molecule has 1 heterocycles. The van der Waals surface area contributed by atoms with Crippen molar-refractivity contribution < 1.29 is 9.53 Å². The van der Waals surface area contributed by atoms with E-state index in [4.69, 9.17) is 10.3 Å². The molecule has 0 radical (unpaired) electrons. The van der Waals surface area contributed by atoms with Crippen LogP contribution in [0.15, 0.2) is 11.2 Å². The van der Waals surface area contributed by atoms with Crippen LogP contribution in [-0.4, -0.2) is 24.1 Å². The fourth-order valence-electron chi connectivity index (χ4n) is 1.11. The quantitative estimate of drug-likeness (QED) is 0.349. The Morgan fingerprint density at radius 1 is 1.71 bits per heavy atom. The highest BCUT2D eigenvalue weighted by Gasteiger charge is 2.14. The number of azide groups is 1. The zero-order valence-electron chi connectivity index (χ0n) is 9.58. The van der Waals surface area contributed by atoms with Gasteiger partial charge in [-0.05, 0) is 25.5 Å². The first kappa shape index (κ1) is 13.2. The van der Waals surface area contributed by atoms with Gasteiger partial charge < -0.3 is 4.74 Å². The van der Waals surface area contributed by atoms with Gasteiger partial charge in [0.15, 0.2) is 0 Å². The second-order valence-corrected chi connectivity index (χ2v) is 4.03. The number of thiazole rings is 1.